The Balaban J connectivity index is 1.74. The van der Waals surface area contributed by atoms with Crippen molar-refractivity contribution in [2.45, 2.75) is 25.8 Å². The topological polar surface area (TPSA) is 60.9 Å². The molecule has 5 nitrogen and oxygen atoms in total. The van der Waals surface area contributed by atoms with Gasteiger partial charge in [-0.25, -0.2) is 0 Å². The number of aliphatic carboxylic acids is 1. The first-order valence-corrected chi connectivity index (χ1v) is 7.89. The van der Waals surface area contributed by atoms with Crippen LogP contribution in [0.5, 0.6) is 0 Å². The van der Waals surface area contributed by atoms with Crippen molar-refractivity contribution in [3.63, 3.8) is 0 Å². The predicted molar refractivity (Wildman–Crippen MR) is 84.8 cm³/mol. The summed E-state index contributed by atoms with van der Waals surface area (Å²) in [6.07, 6.45) is 1.68. The summed E-state index contributed by atoms with van der Waals surface area (Å²) in [4.78, 5) is 26.6. The van der Waals surface area contributed by atoms with E-state index in [-0.39, 0.29) is 12.3 Å². The number of unbranched alkanes of at least 4 members (excludes halogenated alkanes) is 1. The van der Waals surface area contributed by atoms with E-state index in [2.05, 4.69) is 4.90 Å². The Hall–Kier alpha value is -1.59. The summed E-state index contributed by atoms with van der Waals surface area (Å²) in [5, 5.41) is 9.30. The van der Waals surface area contributed by atoms with Gasteiger partial charge in [-0.15, -0.1) is 0 Å². The highest BCUT2D eigenvalue weighted by atomic mass is 35.5. The SMILES string of the molecule is O=C(O)CCCCN1CCN(Cc2ccc(Cl)cc2)C(=O)C1. The number of piperazine rings is 1. The molecule has 6 heteroatoms. The summed E-state index contributed by atoms with van der Waals surface area (Å²) in [6, 6.07) is 7.54. The quantitative estimate of drug-likeness (QED) is 0.781. The van der Waals surface area contributed by atoms with Gasteiger partial charge in [0, 0.05) is 31.1 Å². The van der Waals surface area contributed by atoms with Gasteiger partial charge in [-0.3, -0.25) is 14.5 Å². The molecule has 0 unspecified atom stereocenters. The number of carboxylic acid groups (broad SMARTS) is 1. The third kappa shape index (κ3) is 5.31. The lowest BCUT2D eigenvalue weighted by molar-refractivity contribution is -0.138. The summed E-state index contributed by atoms with van der Waals surface area (Å²) in [7, 11) is 0. The maximum Gasteiger partial charge on any atom is 0.303 e. The standard InChI is InChI=1S/C16H21ClN2O3/c17-14-6-4-13(5-7-14)11-19-10-9-18(12-15(19)20)8-2-1-3-16(21)22/h4-7H,1-3,8-12H2,(H,21,22). The van der Waals surface area contributed by atoms with Crippen molar-refractivity contribution in [1.29, 1.82) is 0 Å². The molecule has 0 bridgehead atoms. The Morgan fingerprint density at radius 1 is 1.18 bits per heavy atom. The normalized spacial score (nSPS) is 16.0. The Labute approximate surface area is 135 Å². The van der Waals surface area contributed by atoms with E-state index in [0.29, 0.717) is 31.1 Å². The van der Waals surface area contributed by atoms with Crippen molar-refractivity contribution < 1.29 is 14.7 Å². The maximum atomic E-state index is 12.2. The second-order valence-corrected chi connectivity index (χ2v) is 6.01. The molecule has 0 atom stereocenters. The Kier molecular flexibility index (Phi) is 6.21. The van der Waals surface area contributed by atoms with Crippen molar-refractivity contribution in [2.75, 3.05) is 26.2 Å². The first-order valence-electron chi connectivity index (χ1n) is 7.51. The molecule has 0 radical (unpaired) electrons. The smallest absolute Gasteiger partial charge is 0.303 e. The number of halogens is 1. The average molecular weight is 325 g/mol. The zero-order valence-corrected chi connectivity index (χ0v) is 13.3. The largest absolute Gasteiger partial charge is 0.481 e. The van der Waals surface area contributed by atoms with E-state index in [1.54, 1.807) is 0 Å². The van der Waals surface area contributed by atoms with Crippen LogP contribution in [-0.2, 0) is 16.1 Å². The van der Waals surface area contributed by atoms with E-state index < -0.39 is 5.97 Å². The lowest BCUT2D eigenvalue weighted by Gasteiger charge is -2.34. The maximum absolute atomic E-state index is 12.2. The minimum absolute atomic E-state index is 0.124. The Bertz CT molecular complexity index is 519. The third-order valence-corrected chi connectivity index (χ3v) is 4.05. The lowest BCUT2D eigenvalue weighted by atomic mass is 10.2. The van der Waals surface area contributed by atoms with Gasteiger partial charge >= 0.3 is 5.97 Å². The number of benzene rings is 1. The molecule has 1 aliphatic heterocycles. The molecule has 0 spiro atoms. The van der Waals surface area contributed by atoms with Gasteiger partial charge in [-0.05, 0) is 37.1 Å². The van der Waals surface area contributed by atoms with Crippen LogP contribution in [0.2, 0.25) is 5.02 Å². The molecule has 0 aromatic heterocycles. The van der Waals surface area contributed by atoms with Gasteiger partial charge in [0.1, 0.15) is 0 Å². The molecule has 0 aliphatic carbocycles. The van der Waals surface area contributed by atoms with Crippen molar-refractivity contribution in [3.05, 3.63) is 34.9 Å². The molecule has 2 rings (SSSR count). The molecule has 1 aliphatic rings. The molecule has 0 saturated carbocycles. The molecule has 22 heavy (non-hydrogen) atoms. The van der Waals surface area contributed by atoms with Crippen LogP contribution < -0.4 is 0 Å². The second kappa shape index (κ2) is 8.15. The van der Waals surface area contributed by atoms with E-state index in [9.17, 15) is 9.59 Å². The van der Waals surface area contributed by atoms with Gasteiger partial charge in [0.2, 0.25) is 5.91 Å². The minimum Gasteiger partial charge on any atom is -0.481 e. The van der Waals surface area contributed by atoms with E-state index in [4.69, 9.17) is 16.7 Å². The average Bonchev–Trinajstić information content (AvgIpc) is 2.48. The molecule has 1 aromatic rings. The highest BCUT2D eigenvalue weighted by molar-refractivity contribution is 6.30. The van der Waals surface area contributed by atoms with Crippen molar-refractivity contribution in [2.24, 2.45) is 0 Å². The fourth-order valence-electron chi connectivity index (χ4n) is 2.54. The zero-order valence-electron chi connectivity index (χ0n) is 12.5. The summed E-state index contributed by atoms with van der Waals surface area (Å²) < 4.78 is 0. The summed E-state index contributed by atoms with van der Waals surface area (Å²) in [6.45, 7) is 3.37. The van der Waals surface area contributed by atoms with Gasteiger partial charge in [-0.2, -0.15) is 0 Å². The van der Waals surface area contributed by atoms with Gasteiger partial charge in [0.15, 0.2) is 0 Å². The summed E-state index contributed by atoms with van der Waals surface area (Å²) >= 11 is 5.86. The Morgan fingerprint density at radius 2 is 1.91 bits per heavy atom. The predicted octanol–water partition coefficient (Wildman–Crippen LogP) is 2.24. The van der Waals surface area contributed by atoms with Crippen LogP contribution in [0.15, 0.2) is 24.3 Å². The van der Waals surface area contributed by atoms with Crippen molar-refractivity contribution in [1.82, 2.24) is 9.80 Å². The van der Waals surface area contributed by atoms with Gasteiger partial charge < -0.3 is 10.0 Å². The first-order chi connectivity index (χ1) is 10.5. The number of carboxylic acids is 1. The number of amides is 1. The Morgan fingerprint density at radius 3 is 2.55 bits per heavy atom. The van der Waals surface area contributed by atoms with Gasteiger partial charge in [0.25, 0.3) is 0 Å². The van der Waals surface area contributed by atoms with Gasteiger partial charge in [0.05, 0.1) is 6.54 Å². The molecule has 1 N–H and O–H groups in total. The summed E-state index contributed by atoms with van der Waals surface area (Å²) in [5.41, 5.74) is 1.08. The number of rotatable bonds is 7. The van der Waals surface area contributed by atoms with Crippen LogP contribution in [-0.4, -0.2) is 53.0 Å². The molecule has 1 heterocycles. The van der Waals surface area contributed by atoms with Crippen molar-refractivity contribution in [3.8, 4) is 0 Å². The van der Waals surface area contributed by atoms with Crippen LogP contribution in [0.3, 0.4) is 0 Å². The molecular formula is C16H21ClN2O3. The molecule has 1 aromatic carbocycles. The summed E-state index contributed by atoms with van der Waals surface area (Å²) in [5.74, 6) is -0.636. The first kappa shape index (κ1) is 16.8. The van der Waals surface area contributed by atoms with Crippen LogP contribution in [0.4, 0.5) is 0 Å². The van der Waals surface area contributed by atoms with Crippen LogP contribution in [0, 0.1) is 0 Å². The van der Waals surface area contributed by atoms with Crippen LogP contribution in [0.25, 0.3) is 0 Å². The monoisotopic (exact) mass is 324 g/mol. The van der Waals surface area contributed by atoms with Gasteiger partial charge in [-0.1, -0.05) is 23.7 Å². The fourth-order valence-corrected chi connectivity index (χ4v) is 2.66. The van der Waals surface area contributed by atoms with Crippen LogP contribution >= 0.6 is 11.6 Å². The molecule has 120 valence electrons. The number of carbonyl (C=O) groups is 2. The highest BCUT2D eigenvalue weighted by Crippen LogP contribution is 2.14. The fraction of sp³-hybridized carbons (Fsp3) is 0.500. The number of nitrogens with zero attached hydrogens (tertiary/aromatic N) is 2. The molecule has 1 fully saturated rings. The molecule has 1 amide bonds. The van der Waals surface area contributed by atoms with Crippen LogP contribution in [0.1, 0.15) is 24.8 Å². The van der Waals surface area contributed by atoms with E-state index in [1.807, 2.05) is 29.2 Å². The lowest BCUT2D eigenvalue weighted by Crippen LogP contribution is -2.49. The second-order valence-electron chi connectivity index (χ2n) is 5.57. The zero-order chi connectivity index (χ0) is 15.9. The van der Waals surface area contributed by atoms with E-state index in [0.717, 1.165) is 25.1 Å². The number of hydrogen-bond donors (Lipinski definition) is 1. The van der Waals surface area contributed by atoms with Crippen molar-refractivity contribution >= 4 is 23.5 Å². The highest BCUT2D eigenvalue weighted by Gasteiger charge is 2.23. The minimum atomic E-state index is -0.760. The third-order valence-electron chi connectivity index (χ3n) is 3.80. The van der Waals surface area contributed by atoms with E-state index in [1.165, 1.54) is 0 Å². The molecular weight excluding hydrogens is 304 g/mol. The number of hydrogen-bond acceptors (Lipinski definition) is 3. The van der Waals surface area contributed by atoms with E-state index >= 15 is 0 Å². The molecule has 1 saturated heterocycles. The number of carbonyl (C=O) groups excluding carboxylic acids is 1.